The van der Waals surface area contributed by atoms with Crippen molar-refractivity contribution >= 4 is 6.29 Å². The fourth-order valence-corrected chi connectivity index (χ4v) is 1.09. The highest BCUT2D eigenvalue weighted by atomic mass is 16.3. The summed E-state index contributed by atoms with van der Waals surface area (Å²) in [6.07, 6.45) is 6.09. The molecule has 1 atom stereocenters. The first-order valence-electron chi connectivity index (χ1n) is 4.86. The number of aliphatic hydroxyl groups is 1. The summed E-state index contributed by atoms with van der Waals surface area (Å²) in [4.78, 5) is 10.3. The molecule has 0 aliphatic rings. The number of rotatable bonds is 6. The molecule has 0 aliphatic carbocycles. The summed E-state index contributed by atoms with van der Waals surface area (Å²) in [5.74, 6) is 0. The van der Waals surface area contributed by atoms with E-state index in [0.29, 0.717) is 12.0 Å². The molecule has 0 saturated carbocycles. The van der Waals surface area contributed by atoms with E-state index in [1.807, 2.05) is 6.92 Å². The minimum atomic E-state index is -0.652. The second kappa shape index (κ2) is 5.92. The first-order chi connectivity index (χ1) is 6.02. The Morgan fingerprint density at radius 3 is 2.62 bits per heavy atom. The Morgan fingerprint density at radius 2 is 2.15 bits per heavy atom. The minimum absolute atomic E-state index is 0.567. The Morgan fingerprint density at radius 1 is 1.54 bits per heavy atom. The molecule has 0 fully saturated rings. The molecule has 0 rings (SSSR count). The summed E-state index contributed by atoms with van der Waals surface area (Å²) in [6.45, 7) is 5.67. The van der Waals surface area contributed by atoms with E-state index in [2.05, 4.69) is 6.92 Å². The van der Waals surface area contributed by atoms with Crippen LogP contribution < -0.4 is 0 Å². The molecule has 0 spiro atoms. The van der Waals surface area contributed by atoms with Gasteiger partial charge in [-0.05, 0) is 32.3 Å². The van der Waals surface area contributed by atoms with E-state index in [-0.39, 0.29) is 0 Å². The van der Waals surface area contributed by atoms with Crippen LogP contribution >= 0.6 is 0 Å². The molecular weight excluding hydrogens is 164 g/mol. The summed E-state index contributed by atoms with van der Waals surface area (Å²) in [5.41, 5.74) is 0.0390. The summed E-state index contributed by atoms with van der Waals surface area (Å²) in [7, 11) is 0. The minimum Gasteiger partial charge on any atom is -0.390 e. The van der Waals surface area contributed by atoms with Gasteiger partial charge >= 0.3 is 0 Å². The predicted octanol–water partition coefficient (Wildman–Crippen LogP) is 2.46. The van der Waals surface area contributed by atoms with Gasteiger partial charge in [-0.3, -0.25) is 4.79 Å². The molecule has 0 radical (unpaired) electrons. The number of unbranched alkanes of at least 4 members (excludes halogenated alkanes) is 1. The van der Waals surface area contributed by atoms with Crippen LogP contribution in [0, 0.1) is 0 Å². The Balaban J connectivity index is 3.94. The summed E-state index contributed by atoms with van der Waals surface area (Å²) in [6, 6.07) is 0. The fraction of sp³-hybridized carbons (Fsp3) is 0.727. The average Bonchev–Trinajstić information content (AvgIpc) is 2.11. The van der Waals surface area contributed by atoms with Gasteiger partial charge in [0.15, 0.2) is 0 Å². The Bertz CT molecular complexity index is 181. The smallest absolute Gasteiger partial charge is 0.145 e. The first-order valence-corrected chi connectivity index (χ1v) is 4.86. The lowest BCUT2D eigenvalue weighted by Gasteiger charge is -2.21. The second-order valence-electron chi connectivity index (χ2n) is 3.87. The van der Waals surface area contributed by atoms with Crippen LogP contribution in [0.5, 0.6) is 0 Å². The molecule has 2 heteroatoms. The van der Waals surface area contributed by atoms with Crippen LogP contribution in [0.15, 0.2) is 11.6 Å². The van der Waals surface area contributed by atoms with E-state index in [1.165, 1.54) is 0 Å². The molecule has 2 nitrogen and oxygen atoms in total. The van der Waals surface area contributed by atoms with Crippen LogP contribution in [0.3, 0.4) is 0 Å². The molecule has 0 heterocycles. The fourth-order valence-electron chi connectivity index (χ4n) is 1.09. The lowest BCUT2D eigenvalue weighted by Crippen LogP contribution is -2.22. The number of aldehydes is 1. The van der Waals surface area contributed by atoms with Crippen molar-refractivity contribution in [2.45, 2.75) is 52.1 Å². The molecule has 0 aliphatic heterocycles. The van der Waals surface area contributed by atoms with E-state index >= 15 is 0 Å². The zero-order valence-electron chi connectivity index (χ0n) is 8.84. The predicted molar refractivity (Wildman–Crippen MR) is 54.6 cm³/mol. The van der Waals surface area contributed by atoms with Crippen molar-refractivity contribution in [2.75, 3.05) is 0 Å². The molecule has 13 heavy (non-hydrogen) atoms. The van der Waals surface area contributed by atoms with Crippen molar-refractivity contribution < 1.29 is 9.90 Å². The van der Waals surface area contributed by atoms with E-state index in [0.717, 1.165) is 25.5 Å². The van der Waals surface area contributed by atoms with Crippen molar-refractivity contribution in [1.29, 1.82) is 0 Å². The Labute approximate surface area is 80.7 Å². The van der Waals surface area contributed by atoms with Crippen molar-refractivity contribution in [3.8, 4) is 0 Å². The highest BCUT2D eigenvalue weighted by Crippen LogP contribution is 2.18. The number of allylic oxidation sites excluding steroid dienone is 1. The van der Waals surface area contributed by atoms with E-state index in [9.17, 15) is 9.90 Å². The van der Waals surface area contributed by atoms with Gasteiger partial charge in [0.1, 0.15) is 6.29 Å². The molecule has 0 bridgehead atoms. The van der Waals surface area contributed by atoms with Crippen LogP contribution in [-0.2, 0) is 4.79 Å². The molecule has 0 saturated heterocycles. The van der Waals surface area contributed by atoms with Crippen LogP contribution in [0.2, 0.25) is 0 Å². The van der Waals surface area contributed by atoms with Crippen LogP contribution in [-0.4, -0.2) is 17.0 Å². The van der Waals surface area contributed by atoms with E-state index in [4.69, 9.17) is 0 Å². The van der Waals surface area contributed by atoms with Crippen molar-refractivity contribution in [1.82, 2.24) is 0 Å². The maximum absolute atomic E-state index is 10.3. The highest BCUT2D eigenvalue weighted by molar-refractivity contribution is 5.71. The van der Waals surface area contributed by atoms with Gasteiger partial charge in [0, 0.05) is 0 Å². The zero-order valence-corrected chi connectivity index (χ0v) is 8.84. The SMILES string of the molecule is CCCCC(C)(O)C/C=C(\C)C=O. The lowest BCUT2D eigenvalue weighted by molar-refractivity contribution is -0.104. The van der Waals surface area contributed by atoms with Crippen LogP contribution in [0.1, 0.15) is 46.5 Å². The van der Waals surface area contributed by atoms with Gasteiger partial charge in [-0.1, -0.05) is 25.8 Å². The topological polar surface area (TPSA) is 37.3 Å². The molecule has 0 aromatic carbocycles. The number of hydrogen-bond donors (Lipinski definition) is 1. The number of carbonyl (C=O) groups is 1. The normalized spacial score (nSPS) is 16.8. The largest absolute Gasteiger partial charge is 0.390 e. The molecular formula is C11H20O2. The highest BCUT2D eigenvalue weighted by Gasteiger charge is 2.17. The van der Waals surface area contributed by atoms with Crippen LogP contribution in [0.4, 0.5) is 0 Å². The van der Waals surface area contributed by atoms with Gasteiger partial charge in [-0.15, -0.1) is 0 Å². The third kappa shape index (κ3) is 6.52. The maximum atomic E-state index is 10.3. The van der Waals surface area contributed by atoms with Gasteiger partial charge in [-0.25, -0.2) is 0 Å². The third-order valence-corrected chi connectivity index (χ3v) is 2.12. The molecule has 1 unspecified atom stereocenters. The number of hydrogen-bond acceptors (Lipinski definition) is 2. The van der Waals surface area contributed by atoms with Crippen molar-refractivity contribution in [2.24, 2.45) is 0 Å². The van der Waals surface area contributed by atoms with Crippen molar-refractivity contribution in [3.05, 3.63) is 11.6 Å². The maximum Gasteiger partial charge on any atom is 0.145 e. The van der Waals surface area contributed by atoms with E-state index in [1.54, 1.807) is 13.0 Å². The summed E-state index contributed by atoms with van der Waals surface area (Å²) >= 11 is 0. The summed E-state index contributed by atoms with van der Waals surface area (Å²) in [5, 5.41) is 9.83. The van der Waals surface area contributed by atoms with Gasteiger partial charge in [0.2, 0.25) is 0 Å². The Kier molecular flexibility index (Phi) is 5.63. The third-order valence-electron chi connectivity index (χ3n) is 2.12. The first kappa shape index (κ1) is 12.4. The summed E-state index contributed by atoms with van der Waals surface area (Å²) < 4.78 is 0. The lowest BCUT2D eigenvalue weighted by atomic mass is 9.94. The van der Waals surface area contributed by atoms with Crippen molar-refractivity contribution in [3.63, 3.8) is 0 Å². The quantitative estimate of drug-likeness (QED) is 0.508. The molecule has 0 amide bonds. The number of carbonyl (C=O) groups excluding carboxylic acids is 1. The zero-order chi connectivity index (χ0) is 10.3. The molecule has 76 valence electrons. The van der Waals surface area contributed by atoms with Gasteiger partial charge in [-0.2, -0.15) is 0 Å². The standard InChI is InChI=1S/C11H20O2/c1-4-5-7-11(3,13)8-6-10(2)9-12/h6,9,13H,4-5,7-8H2,1-3H3/b10-6+. The Hall–Kier alpha value is -0.630. The van der Waals surface area contributed by atoms with Gasteiger partial charge in [0.05, 0.1) is 5.60 Å². The second-order valence-corrected chi connectivity index (χ2v) is 3.87. The monoisotopic (exact) mass is 184 g/mol. The average molecular weight is 184 g/mol. The molecule has 1 N–H and O–H groups in total. The molecule has 0 aromatic heterocycles. The van der Waals surface area contributed by atoms with Gasteiger partial charge < -0.3 is 5.11 Å². The van der Waals surface area contributed by atoms with E-state index < -0.39 is 5.60 Å². The van der Waals surface area contributed by atoms with Gasteiger partial charge in [0.25, 0.3) is 0 Å². The molecule has 0 aromatic rings. The van der Waals surface area contributed by atoms with Crippen LogP contribution in [0.25, 0.3) is 0 Å².